The fraction of sp³-hybridized carbons (Fsp3) is 0.167. The van der Waals surface area contributed by atoms with Gasteiger partial charge in [0.1, 0.15) is 188 Å². The lowest BCUT2D eigenvalue weighted by molar-refractivity contribution is -0.139. The standard InChI is InChI=1S/C108H96O36/c1-7-97(109)133-61-55-127-79-37-25-73(26-38-79)121-49-13-19-103(115)139-91-67-85-86(68-92(91)140-104(116)20-14-50-122-74-27-39-80(40-28-74)128-56-62-134-98(110)8-2)88-70-94(142-106(118)22-16-52-124-76-31-43-82(44-32-76)130-58-64-136-100(112)10-4)96(144-108(120)24-18-54-126-78-35-47-84(48-36-78)132-60-66-138-102(114)12-6)72-90(88)89-71-95(143-107(119)23-17-53-125-77-33-45-83(46-34-77)131-59-65-137-101(113)11-5)93(69-87(85)89)141-105(117)21-15-51-123-75-29-41-81(42-30-75)129-57-63-135-99(111)9-3/h7-48,67-72H,1-6,49-66H2. The van der Waals surface area contributed by atoms with E-state index >= 15 is 0 Å². The summed E-state index contributed by atoms with van der Waals surface area (Å²) in [5.74, 6) is -8.02. The van der Waals surface area contributed by atoms with Gasteiger partial charge in [-0.1, -0.05) is 39.5 Å². The monoisotopic (exact) mass is 1970 g/mol. The molecule has 0 atom stereocenters. The third-order valence-corrected chi connectivity index (χ3v) is 18.5. The Morgan fingerprint density at radius 2 is 0.285 bits per heavy atom. The van der Waals surface area contributed by atoms with Crippen molar-refractivity contribution in [3.8, 4) is 103 Å². The van der Waals surface area contributed by atoms with E-state index in [2.05, 4.69) is 39.5 Å². The molecule has 0 saturated heterocycles. The van der Waals surface area contributed by atoms with E-state index in [0.29, 0.717) is 69.0 Å². The summed E-state index contributed by atoms with van der Waals surface area (Å²) in [6.07, 6.45) is 20.3. The highest BCUT2D eigenvalue weighted by atomic mass is 16.6. The minimum absolute atomic E-state index is 0.0391. The first-order valence-electron chi connectivity index (χ1n) is 43.8. The second-order valence-corrected chi connectivity index (χ2v) is 28.5. The number of rotatable bonds is 60. The first-order valence-corrected chi connectivity index (χ1v) is 43.8. The number of fused-ring (bicyclic) bond motifs is 6. The van der Waals surface area contributed by atoms with Gasteiger partial charge >= 0.3 is 71.6 Å². The molecule has 0 aliphatic rings. The summed E-state index contributed by atoms with van der Waals surface area (Å²) in [6, 6.07) is 46.1. The maximum atomic E-state index is 14.4. The zero-order chi connectivity index (χ0) is 102. The van der Waals surface area contributed by atoms with Crippen molar-refractivity contribution in [2.45, 2.75) is 0 Å². The Morgan fingerprint density at radius 1 is 0.167 bits per heavy atom. The van der Waals surface area contributed by atoms with Crippen molar-refractivity contribution in [3.05, 3.63) is 331 Å². The average molecular weight is 1970 g/mol. The molecule has 0 heterocycles. The molecule has 0 radical (unpaired) electrons. The van der Waals surface area contributed by atoms with Crippen LogP contribution < -0.4 is 85.3 Å². The van der Waals surface area contributed by atoms with E-state index in [1.54, 1.807) is 146 Å². The third-order valence-electron chi connectivity index (χ3n) is 18.5. The summed E-state index contributed by atoms with van der Waals surface area (Å²) in [5.41, 5.74) is 0. The van der Waals surface area contributed by atoms with Gasteiger partial charge in [-0.05, 0) is 251 Å². The Bertz CT molecular complexity index is 5360. The molecule has 0 spiro atoms. The van der Waals surface area contributed by atoms with E-state index in [0.717, 1.165) is 72.9 Å². The van der Waals surface area contributed by atoms with Gasteiger partial charge in [0.05, 0.1) is 0 Å². The topological polar surface area (TPSA) is 426 Å². The van der Waals surface area contributed by atoms with Crippen molar-refractivity contribution in [1.82, 2.24) is 0 Å². The molecule has 10 rings (SSSR count). The number of ether oxygens (including phenoxy) is 24. The molecule has 0 saturated carbocycles. The zero-order valence-corrected chi connectivity index (χ0v) is 77.4. The lowest BCUT2D eigenvalue weighted by Crippen LogP contribution is -2.11. The van der Waals surface area contributed by atoms with Gasteiger partial charge < -0.3 is 114 Å². The van der Waals surface area contributed by atoms with E-state index in [9.17, 15) is 57.5 Å². The first kappa shape index (κ1) is 107. The molecule has 744 valence electrons. The van der Waals surface area contributed by atoms with Crippen LogP contribution in [0.15, 0.2) is 331 Å². The molecule has 0 aliphatic carbocycles. The van der Waals surface area contributed by atoms with Crippen LogP contribution in [-0.4, -0.2) is 191 Å². The molecule has 10 aromatic carbocycles. The third kappa shape index (κ3) is 37.5. The molecule has 0 bridgehead atoms. The van der Waals surface area contributed by atoms with Crippen LogP contribution in [0.5, 0.6) is 103 Å². The summed E-state index contributed by atoms with van der Waals surface area (Å²) in [6.45, 7) is 18.9. The minimum Gasteiger partial charge on any atom is -0.490 e. The second kappa shape index (κ2) is 58.6. The molecular formula is C108H96O36. The number of carbonyl (C=O) groups is 12. The Hall–Kier alpha value is -18.9. The maximum Gasteiger partial charge on any atom is 0.336 e. The lowest BCUT2D eigenvalue weighted by atomic mass is 9.93. The van der Waals surface area contributed by atoms with Gasteiger partial charge in [-0.3, -0.25) is 0 Å². The van der Waals surface area contributed by atoms with E-state index in [4.69, 9.17) is 114 Å². The summed E-state index contributed by atoms with van der Waals surface area (Å²) in [5, 5.41) is 0.476. The highest BCUT2D eigenvalue weighted by molar-refractivity contribution is 6.27. The molecule has 0 aromatic heterocycles. The van der Waals surface area contributed by atoms with Crippen LogP contribution in [0.1, 0.15) is 0 Å². The Balaban J connectivity index is 1.06. The van der Waals surface area contributed by atoms with Crippen LogP contribution >= 0.6 is 0 Å². The van der Waals surface area contributed by atoms with Gasteiger partial charge in [-0.15, -0.1) is 0 Å². The van der Waals surface area contributed by atoms with Crippen LogP contribution in [0.25, 0.3) is 32.3 Å². The van der Waals surface area contributed by atoms with E-state index < -0.39 is 106 Å². The second-order valence-electron chi connectivity index (χ2n) is 28.5. The molecule has 0 amide bonds. The predicted octanol–water partition coefficient (Wildman–Crippen LogP) is 15.0. The van der Waals surface area contributed by atoms with Gasteiger partial charge in [0.2, 0.25) is 0 Å². The normalized spacial score (nSPS) is 10.9. The van der Waals surface area contributed by atoms with Crippen LogP contribution in [0, 0.1) is 0 Å². The average Bonchev–Trinajstić information content (AvgIpc) is 0.721. The molecule has 36 heteroatoms. The van der Waals surface area contributed by atoms with Gasteiger partial charge in [-0.25, -0.2) is 57.5 Å². The van der Waals surface area contributed by atoms with Crippen LogP contribution in [0.3, 0.4) is 0 Å². The molecule has 0 N–H and O–H groups in total. The Labute approximate surface area is 824 Å². The Morgan fingerprint density at radius 3 is 0.403 bits per heavy atom. The van der Waals surface area contributed by atoms with E-state index in [1.807, 2.05) is 0 Å². The fourth-order valence-electron chi connectivity index (χ4n) is 12.0. The quantitative estimate of drug-likeness (QED) is 0.00853. The van der Waals surface area contributed by atoms with Gasteiger partial charge in [0.25, 0.3) is 0 Å². The predicted molar refractivity (Wildman–Crippen MR) is 519 cm³/mol. The molecule has 36 nitrogen and oxygen atoms in total. The molecule has 10 aromatic rings. The molecule has 0 aliphatic heterocycles. The van der Waals surface area contributed by atoms with Crippen molar-refractivity contribution in [1.29, 1.82) is 0 Å². The largest absolute Gasteiger partial charge is 0.490 e. The smallest absolute Gasteiger partial charge is 0.336 e. The zero-order valence-electron chi connectivity index (χ0n) is 77.4. The van der Waals surface area contributed by atoms with Crippen molar-refractivity contribution in [3.63, 3.8) is 0 Å². The number of carbonyl (C=O) groups excluding carboxylic acids is 12. The van der Waals surface area contributed by atoms with Crippen molar-refractivity contribution in [2.24, 2.45) is 0 Å². The molecule has 0 unspecified atom stereocenters. The number of hydrogen-bond acceptors (Lipinski definition) is 36. The number of hydrogen-bond donors (Lipinski definition) is 0. The summed E-state index contributed by atoms with van der Waals surface area (Å²) in [7, 11) is 0. The molecular weight excluding hydrogens is 1870 g/mol. The van der Waals surface area contributed by atoms with Crippen molar-refractivity contribution >= 4 is 104 Å². The number of benzene rings is 10. The van der Waals surface area contributed by atoms with E-state index in [-0.39, 0.29) is 151 Å². The van der Waals surface area contributed by atoms with Crippen molar-refractivity contribution < 1.29 is 171 Å². The number of esters is 12. The summed E-state index contributed by atoms with van der Waals surface area (Å²) >= 11 is 0. The SMILES string of the molecule is C=CC(=O)OCCOc1ccc(OCC=CC(=O)Oc2cc3c4cc(OC(=O)C=CCOc5ccc(OCCOC(=O)C=C)cc5)c(OC(=O)C=CCOc5ccc(OCCOC(=O)C=C)cc5)cc4c4cc(OC(=O)C=CCOc5ccc(OCCOC(=O)C=C)cc5)c(OC(=O)C=CCOc5ccc(OCCOC(=O)C=C)cc5)cc4c3cc2OC(=O)C=CCOc2ccc(OCCOC(=O)C=C)cc2)cc1. The van der Waals surface area contributed by atoms with Crippen LogP contribution in [0.4, 0.5) is 0 Å². The summed E-state index contributed by atoms with van der Waals surface area (Å²) < 4.78 is 136. The van der Waals surface area contributed by atoms with E-state index in [1.165, 1.54) is 72.9 Å². The van der Waals surface area contributed by atoms with Gasteiger partial charge in [0, 0.05) is 72.9 Å². The first-order chi connectivity index (χ1) is 70.0. The highest BCUT2D eigenvalue weighted by Crippen LogP contribution is 2.48. The van der Waals surface area contributed by atoms with Crippen LogP contribution in [0.2, 0.25) is 0 Å². The maximum absolute atomic E-state index is 14.4. The summed E-state index contributed by atoms with van der Waals surface area (Å²) in [4.78, 5) is 156. The fourth-order valence-corrected chi connectivity index (χ4v) is 12.0. The molecule has 0 fully saturated rings. The van der Waals surface area contributed by atoms with Crippen molar-refractivity contribution in [2.75, 3.05) is 119 Å². The van der Waals surface area contributed by atoms with Gasteiger partial charge in [-0.2, -0.15) is 0 Å². The lowest BCUT2D eigenvalue weighted by Gasteiger charge is -2.18. The molecule has 144 heavy (non-hydrogen) atoms. The minimum atomic E-state index is -1.06. The highest BCUT2D eigenvalue weighted by Gasteiger charge is 2.25. The van der Waals surface area contributed by atoms with Gasteiger partial charge in [0.15, 0.2) is 34.5 Å². The Kier molecular flexibility index (Phi) is 43.6. The van der Waals surface area contributed by atoms with Crippen LogP contribution in [-0.2, 0) is 86.0 Å².